The van der Waals surface area contributed by atoms with E-state index >= 15 is 0 Å². The number of nitrogen functional groups attached to an aromatic ring is 1. The van der Waals surface area contributed by atoms with Crippen LogP contribution in [-0.4, -0.2) is 23.9 Å². The number of hydrogen-bond donors (Lipinski definition) is 3. The zero-order valence-electron chi connectivity index (χ0n) is 12.3. The van der Waals surface area contributed by atoms with Crippen molar-refractivity contribution in [2.45, 2.75) is 12.5 Å². The minimum atomic E-state index is -0.706. The first-order valence-corrected chi connectivity index (χ1v) is 7.14. The van der Waals surface area contributed by atoms with Crippen LogP contribution in [0, 0.1) is 5.92 Å². The third kappa shape index (κ3) is 2.67. The predicted molar refractivity (Wildman–Crippen MR) is 83.2 cm³/mol. The van der Waals surface area contributed by atoms with Gasteiger partial charge in [-0.25, -0.2) is 0 Å². The summed E-state index contributed by atoms with van der Waals surface area (Å²) in [6, 6.07) is 10.2. The van der Waals surface area contributed by atoms with Crippen LogP contribution in [0.15, 0.2) is 36.4 Å². The lowest BCUT2D eigenvalue weighted by Gasteiger charge is -2.30. The molecule has 0 saturated carbocycles. The molecular weight excluding hydrogens is 282 g/mol. The van der Waals surface area contributed by atoms with E-state index < -0.39 is 6.10 Å². The summed E-state index contributed by atoms with van der Waals surface area (Å²) < 4.78 is 11.0. The number of rotatable bonds is 3. The van der Waals surface area contributed by atoms with Crippen molar-refractivity contribution in [3.05, 3.63) is 47.5 Å². The molecule has 2 aromatic carbocycles. The number of benzene rings is 2. The first-order valence-electron chi connectivity index (χ1n) is 7.14. The Bertz CT molecular complexity index is 686. The Hall–Kier alpha value is -2.40. The van der Waals surface area contributed by atoms with E-state index in [0.717, 1.165) is 11.3 Å². The molecule has 1 heterocycles. The average Bonchev–Trinajstić information content (AvgIpc) is 2.51. The van der Waals surface area contributed by atoms with E-state index in [1.165, 1.54) is 0 Å². The summed E-state index contributed by atoms with van der Waals surface area (Å²) in [6.07, 6.45) is -0.133. The monoisotopic (exact) mass is 301 g/mol. The van der Waals surface area contributed by atoms with E-state index in [9.17, 15) is 10.2 Å². The van der Waals surface area contributed by atoms with Crippen molar-refractivity contribution < 1.29 is 19.7 Å². The molecule has 1 aliphatic rings. The van der Waals surface area contributed by atoms with Crippen LogP contribution in [0.1, 0.15) is 17.2 Å². The van der Waals surface area contributed by atoms with Gasteiger partial charge in [-0.15, -0.1) is 0 Å². The summed E-state index contributed by atoms with van der Waals surface area (Å²) in [7, 11) is 1.61. The fourth-order valence-electron chi connectivity index (χ4n) is 2.85. The Labute approximate surface area is 128 Å². The zero-order valence-corrected chi connectivity index (χ0v) is 12.3. The molecule has 1 aliphatic heterocycles. The Morgan fingerprint density at radius 3 is 2.86 bits per heavy atom. The van der Waals surface area contributed by atoms with E-state index in [0.29, 0.717) is 30.0 Å². The molecule has 4 N–H and O–H groups in total. The van der Waals surface area contributed by atoms with E-state index in [1.54, 1.807) is 31.4 Å². The number of nitrogens with two attached hydrogens (primary N) is 1. The van der Waals surface area contributed by atoms with Crippen LogP contribution in [-0.2, 0) is 6.42 Å². The Morgan fingerprint density at radius 1 is 1.27 bits per heavy atom. The van der Waals surface area contributed by atoms with Crippen LogP contribution < -0.4 is 15.2 Å². The maximum atomic E-state index is 10.6. The number of phenols is 1. The summed E-state index contributed by atoms with van der Waals surface area (Å²) in [4.78, 5) is 0. The van der Waals surface area contributed by atoms with Crippen molar-refractivity contribution in [2.24, 2.45) is 5.92 Å². The normalized spacial score (nSPS) is 20.1. The summed E-state index contributed by atoms with van der Waals surface area (Å²) in [5.41, 5.74) is 8.03. The molecule has 2 aromatic rings. The first kappa shape index (κ1) is 14.5. The number of aliphatic hydroxyl groups is 1. The van der Waals surface area contributed by atoms with Gasteiger partial charge in [0.2, 0.25) is 0 Å². The van der Waals surface area contributed by atoms with Crippen molar-refractivity contribution in [3.8, 4) is 17.2 Å². The zero-order chi connectivity index (χ0) is 15.7. The Morgan fingerprint density at radius 2 is 2.09 bits per heavy atom. The lowest BCUT2D eigenvalue weighted by molar-refractivity contribution is 0.0503. The quantitative estimate of drug-likeness (QED) is 0.757. The fourth-order valence-corrected chi connectivity index (χ4v) is 2.85. The number of hydrogen-bond acceptors (Lipinski definition) is 5. The second-order valence-electron chi connectivity index (χ2n) is 5.51. The van der Waals surface area contributed by atoms with Crippen LogP contribution in [0.5, 0.6) is 17.2 Å². The average molecular weight is 301 g/mol. The number of ether oxygens (including phenoxy) is 2. The summed E-state index contributed by atoms with van der Waals surface area (Å²) in [6.45, 7) is 0.400. The molecule has 0 radical (unpaired) electrons. The van der Waals surface area contributed by atoms with Gasteiger partial charge in [0.25, 0.3) is 0 Å². The first-order chi connectivity index (χ1) is 10.6. The van der Waals surface area contributed by atoms with Gasteiger partial charge >= 0.3 is 0 Å². The SMILES string of the molecule is COc1ccc(N)cc1CC1COc2ccc(O)cc2[C@@H]1O. The van der Waals surface area contributed by atoms with Crippen molar-refractivity contribution in [1.29, 1.82) is 0 Å². The largest absolute Gasteiger partial charge is 0.508 e. The second-order valence-corrected chi connectivity index (χ2v) is 5.51. The highest BCUT2D eigenvalue weighted by Gasteiger charge is 2.30. The third-order valence-corrected chi connectivity index (χ3v) is 4.00. The van der Waals surface area contributed by atoms with Crippen LogP contribution in [0.2, 0.25) is 0 Å². The number of aliphatic hydroxyl groups excluding tert-OH is 1. The molecule has 1 unspecified atom stereocenters. The molecule has 0 amide bonds. The molecular formula is C17H19NO4. The van der Waals surface area contributed by atoms with Gasteiger partial charge < -0.3 is 25.4 Å². The highest BCUT2D eigenvalue weighted by Crippen LogP contribution is 2.39. The Balaban J connectivity index is 1.87. The van der Waals surface area contributed by atoms with Gasteiger partial charge in [0.05, 0.1) is 19.8 Å². The van der Waals surface area contributed by atoms with Gasteiger partial charge in [0.15, 0.2) is 0 Å². The smallest absolute Gasteiger partial charge is 0.125 e. The molecule has 0 fully saturated rings. The minimum Gasteiger partial charge on any atom is -0.508 e. The van der Waals surface area contributed by atoms with E-state index in [1.807, 2.05) is 12.1 Å². The summed E-state index contributed by atoms with van der Waals surface area (Å²) in [5.74, 6) is 1.33. The number of anilines is 1. The van der Waals surface area contributed by atoms with Gasteiger partial charge in [0.1, 0.15) is 17.2 Å². The standard InChI is InChI=1S/C17H19NO4/c1-21-15-4-2-12(18)7-10(15)6-11-9-22-16-5-3-13(19)8-14(16)17(11)20/h2-5,7-8,11,17,19-20H,6,9,18H2,1H3/t11?,17-/m1/s1. The van der Waals surface area contributed by atoms with Gasteiger partial charge in [0, 0.05) is 17.2 Å². The van der Waals surface area contributed by atoms with Crippen molar-refractivity contribution in [3.63, 3.8) is 0 Å². The van der Waals surface area contributed by atoms with Gasteiger partial charge in [-0.2, -0.15) is 0 Å². The number of methoxy groups -OCH3 is 1. The topological polar surface area (TPSA) is 84.9 Å². The van der Waals surface area contributed by atoms with E-state index in [4.69, 9.17) is 15.2 Å². The number of phenolic OH excluding ortho intramolecular Hbond substituents is 1. The van der Waals surface area contributed by atoms with Crippen molar-refractivity contribution >= 4 is 5.69 Å². The van der Waals surface area contributed by atoms with Crippen molar-refractivity contribution in [1.82, 2.24) is 0 Å². The lowest BCUT2D eigenvalue weighted by atomic mass is 9.87. The lowest BCUT2D eigenvalue weighted by Crippen LogP contribution is -2.27. The minimum absolute atomic E-state index is 0.114. The fraction of sp³-hybridized carbons (Fsp3) is 0.294. The highest BCUT2D eigenvalue weighted by atomic mass is 16.5. The third-order valence-electron chi connectivity index (χ3n) is 4.00. The molecule has 0 aliphatic carbocycles. The Kier molecular flexibility index (Phi) is 3.81. The highest BCUT2D eigenvalue weighted by molar-refractivity contribution is 5.48. The van der Waals surface area contributed by atoms with Gasteiger partial charge in [-0.3, -0.25) is 0 Å². The van der Waals surface area contributed by atoms with Gasteiger partial charge in [-0.1, -0.05) is 0 Å². The summed E-state index contributed by atoms with van der Waals surface area (Å²) in [5, 5.41) is 20.2. The van der Waals surface area contributed by atoms with Crippen LogP contribution in [0.4, 0.5) is 5.69 Å². The molecule has 22 heavy (non-hydrogen) atoms. The molecule has 3 rings (SSSR count). The van der Waals surface area contributed by atoms with Gasteiger partial charge in [-0.05, 0) is 48.4 Å². The van der Waals surface area contributed by atoms with Crippen LogP contribution >= 0.6 is 0 Å². The number of fused-ring (bicyclic) bond motifs is 1. The van der Waals surface area contributed by atoms with E-state index in [-0.39, 0.29) is 11.7 Å². The molecule has 0 spiro atoms. The van der Waals surface area contributed by atoms with E-state index in [2.05, 4.69) is 0 Å². The van der Waals surface area contributed by atoms with Crippen molar-refractivity contribution in [2.75, 3.05) is 19.5 Å². The van der Waals surface area contributed by atoms with Crippen LogP contribution in [0.25, 0.3) is 0 Å². The summed E-state index contributed by atoms with van der Waals surface area (Å²) >= 11 is 0. The molecule has 0 aromatic heterocycles. The molecule has 0 bridgehead atoms. The molecule has 2 atom stereocenters. The predicted octanol–water partition coefficient (Wildman–Crippen LogP) is 2.27. The maximum Gasteiger partial charge on any atom is 0.125 e. The molecule has 5 heteroatoms. The maximum absolute atomic E-state index is 10.6. The van der Waals surface area contributed by atoms with Crippen LogP contribution in [0.3, 0.4) is 0 Å². The molecule has 116 valence electrons. The molecule has 5 nitrogen and oxygen atoms in total. The number of aromatic hydroxyl groups is 1. The molecule has 0 saturated heterocycles. The second kappa shape index (κ2) is 5.77.